The summed E-state index contributed by atoms with van der Waals surface area (Å²) in [6.07, 6.45) is 7.80. The van der Waals surface area contributed by atoms with Crippen LogP contribution in [0.4, 0.5) is 4.39 Å². The Kier molecular flexibility index (Phi) is 8.44. The second-order valence-electron chi connectivity index (χ2n) is 9.68. The number of thioether (sulfide) groups is 1. The first-order valence-electron chi connectivity index (χ1n) is 12.9. The van der Waals surface area contributed by atoms with Crippen LogP contribution < -0.4 is 10.9 Å². The Morgan fingerprint density at radius 3 is 2.64 bits per heavy atom. The SMILES string of the molecule is Cc1ccc(-n2c(SCC(=O)NCCC3=CCCCC3)nc3c(sc(=S)n3-c3cc(C)ccc3F)c2=O)cc1. The van der Waals surface area contributed by atoms with Crippen LogP contribution in [0.25, 0.3) is 21.7 Å². The highest BCUT2D eigenvalue weighted by Crippen LogP contribution is 2.29. The molecule has 10 heteroatoms. The molecule has 2 heterocycles. The number of hydrogen-bond acceptors (Lipinski definition) is 6. The minimum Gasteiger partial charge on any atom is -0.355 e. The quantitative estimate of drug-likeness (QED) is 0.107. The zero-order chi connectivity index (χ0) is 27.5. The fourth-order valence-corrected chi connectivity index (χ4v) is 6.76. The second kappa shape index (κ2) is 12.0. The molecule has 0 saturated heterocycles. The van der Waals surface area contributed by atoms with Crippen LogP contribution in [-0.4, -0.2) is 32.3 Å². The highest BCUT2D eigenvalue weighted by atomic mass is 32.2. The number of carbonyl (C=O) groups excluding carboxylic acids is 1. The van der Waals surface area contributed by atoms with Crippen molar-refractivity contribution in [2.45, 2.75) is 51.1 Å². The molecule has 202 valence electrons. The largest absolute Gasteiger partial charge is 0.355 e. The van der Waals surface area contributed by atoms with Gasteiger partial charge in [-0.15, -0.1) is 0 Å². The van der Waals surface area contributed by atoms with Crippen molar-refractivity contribution in [3.05, 3.63) is 85.4 Å². The van der Waals surface area contributed by atoms with Gasteiger partial charge < -0.3 is 5.32 Å². The zero-order valence-corrected chi connectivity index (χ0v) is 24.3. The summed E-state index contributed by atoms with van der Waals surface area (Å²) in [4.78, 5) is 31.4. The van der Waals surface area contributed by atoms with E-state index in [2.05, 4.69) is 11.4 Å². The topological polar surface area (TPSA) is 68.9 Å². The fourth-order valence-electron chi connectivity index (χ4n) is 4.64. The zero-order valence-electron chi connectivity index (χ0n) is 21.8. The van der Waals surface area contributed by atoms with E-state index in [4.69, 9.17) is 17.2 Å². The van der Waals surface area contributed by atoms with Crippen LogP contribution in [0.1, 0.15) is 43.2 Å². The van der Waals surface area contributed by atoms with Gasteiger partial charge in [0.1, 0.15) is 10.5 Å². The summed E-state index contributed by atoms with van der Waals surface area (Å²) in [6, 6.07) is 12.3. The first-order chi connectivity index (χ1) is 18.8. The summed E-state index contributed by atoms with van der Waals surface area (Å²) in [5, 5.41) is 3.33. The van der Waals surface area contributed by atoms with Gasteiger partial charge in [0.25, 0.3) is 5.56 Å². The third-order valence-corrected chi connectivity index (χ3v) is 8.99. The third kappa shape index (κ3) is 6.08. The number of nitrogens with one attached hydrogen (secondary N) is 1. The smallest absolute Gasteiger partial charge is 0.278 e. The Hall–Kier alpha value is -3.08. The van der Waals surface area contributed by atoms with Crippen molar-refractivity contribution in [3.63, 3.8) is 0 Å². The number of halogens is 1. The highest BCUT2D eigenvalue weighted by Gasteiger charge is 2.21. The van der Waals surface area contributed by atoms with Gasteiger partial charge in [-0.2, -0.15) is 0 Å². The Morgan fingerprint density at radius 2 is 1.90 bits per heavy atom. The number of aromatic nitrogens is 3. The van der Waals surface area contributed by atoms with Gasteiger partial charge >= 0.3 is 0 Å². The normalized spacial score (nSPS) is 13.5. The van der Waals surface area contributed by atoms with Crippen LogP contribution in [0, 0.1) is 23.6 Å². The molecule has 0 unspecified atom stereocenters. The molecule has 1 aliphatic carbocycles. The van der Waals surface area contributed by atoms with Crippen molar-refractivity contribution in [1.29, 1.82) is 0 Å². The molecule has 6 nitrogen and oxygen atoms in total. The number of carbonyl (C=O) groups is 1. The summed E-state index contributed by atoms with van der Waals surface area (Å²) in [6.45, 7) is 4.42. The predicted molar refractivity (Wildman–Crippen MR) is 160 cm³/mol. The van der Waals surface area contributed by atoms with Crippen molar-refractivity contribution in [2.75, 3.05) is 12.3 Å². The molecule has 0 aliphatic heterocycles. The van der Waals surface area contributed by atoms with E-state index in [-0.39, 0.29) is 28.6 Å². The Labute approximate surface area is 239 Å². The van der Waals surface area contributed by atoms with E-state index in [1.807, 2.05) is 38.1 Å². The van der Waals surface area contributed by atoms with Gasteiger partial charge in [0, 0.05) is 6.54 Å². The van der Waals surface area contributed by atoms with E-state index in [1.54, 1.807) is 12.1 Å². The summed E-state index contributed by atoms with van der Waals surface area (Å²) in [5.74, 6) is -0.498. The van der Waals surface area contributed by atoms with Gasteiger partial charge in [-0.3, -0.25) is 18.7 Å². The molecule has 4 aromatic rings. The number of nitrogens with zero attached hydrogens (tertiary/aromatic N) is 3. The molecular weight excluding hydrogens is 552 g/mol. The van der Waals surface area contributed by atoms with Gasteiger partial charge in [-0.05, 0) is 88.0 Å². The lowest BCUT2D eigenvalue weighted by Crippen LogP contribution is -2.27. The van der Waals surface area contributed by atoms with E-state index in [0.29, 0.717) is 26.0 Å². The van der Waals surface area contributed by atoms with Gasteiger partial charge in [-0.25, -0.2) is 9.37 Å². The minimum absolute atomic E-state index is 0.0898. The maximum Gasteiger partial charge on any atom is 0.278 e. The number of aryl methyl sites for hydroxylation is 2. The first kappa shape index (κ1) is 27.5. The third-order valence-electron chi connectivity index (χ3n) is 6.70. The molecule has 1 N–H and O–H groups in total. The number of fused-ring (bicyclic) bond motifs is 1. The van der Waals surface area contributed by atoms with Crippen molar-refractivity contribution in [3.8, 4) is 11.4 Å². The number of hydrogen-bond donors (Lipinski definition) is 1. The van der Waals surface area contributed by atoms with Crippen LogP contribution in [0.5, 0.6) is 0 Å². The van der Waals surface area contributed by atoms with Gasteiger partial charge in [-0.1, -0.05) is 58.5 Å². The lowest BCUT2D eigenvalue weighted by atomic mass is 9.97. The van der Waals surface area contributed by atoms with Crippen LogP contribution in [0.15, 0.2) is 64.1 Å². The summed E-state index contributed by atoms with van der Waals surface area (Å²) in [5.41, 5.74) is 4.18. The maximum absolute atomic E-state index is 14.9. The Bertz CT molecular complexity index is 1690. The molecule has 39 heavy (non-hydrogen) atoms. The van der Waals surface area contributed by atoms with Crippen LogP contribution in [0.2, 0.25) is 0 Å². The minimum atomic E-state index is -0.456. The molecule has 0 bridgehead atoms. The molecule has 5 rings (SSSR count). The fraction of sp³-hybridized carbons (Fsp3) is 0.310. The average molecular weight is 581 g/mol. The predicted octanol–water partition coefficient (Wildman–Crippen LogP) is 6.82. The number of thiazole rings is 1. The van der Waals surface area contributed by atoms with Crippen LogP contribution >= 0.6 is 35.3 Å². The number of amides is 1. The molecule has 2 aromatic heterocycles. The Balaban J connectivity index is 1.51. The first-order valence-corrected chi connectivity index (χ1v) is 15.1. The molecule has 0 fully saturated rings. The molecule has 0 atom stereocenters. The van der Waals surface area contributed by atoms with E-state index >= 15 is 0 Å². The van der Waals surface area contributed by atoms with Crippen molar-refractivity contribution < 1.29 is 9.18 Å². The van der Waals surface area contributed by atoms with Gasteiger partial charge in [0.15, 0.2) is 14.8 Å². The highest BCUT2D eigenvalue weighted by molar-refractivity contribution is 7.99. The van der Waals surface area contributed by atoms with Crippen LogP contribution in [-0.2, 0) is 4.79 Å². The lowest BCUT2D eigenvalue weighted by molar-refractivity contribution is -0.118. The Morgan fingerprint density at radius 1 is 1.13 bits per heavy atom. The molecule has 0 radical (unpaired) electrons. The maximum atomic E-state index is 14.9. The molecule has 2 aromatic carbocycles. The van der Waals surface area contributed by atoms with Crippen molar-refractivity contribution >= 4 is 51.6 Å². The number of rotatable bonds is 8. The monoisotopic (exact) mass is 580 g/mol. The van der Waals surface area contributed by atoms with E-state index < -0.39 is 5.82 Å². The van der Waals surface area contributed by atoms with Crippen molar-refractivity contribution in [2.24, 2.45) is 0 Å². The van der Waals surface area contributed by atoms with E-state index in [9.17, 15) is 14.0 Å². The van der Waals surface area contributed by atoms with Gasteiger partial charge in [0.05, 0.1) is 17.1 Å². The molecule has 0 saturated carbocycles. The standard InChI is InChI=1S/C29H29FN4O2S3/c1-18-8-11-21(12-9-18)33-27(36)25-26(34(29(37)39-25)23-16-19(2)10-13-22(23)30)32-28(33)38-17-24(35)31-15-14-20-6-4-3-5-7-20/h6,8-13,16H,3-5,7,14-15,17H2,1-2H3,(H,31,35). The summed E-state index contributed by atoms with van der Waals surface area (Å²) >= 11 is 7.86. The number of allylic oxidation sites excluding steroid dienone is 1. The average Bonchev–Trinajstić information content (AvgIpc) is 3.26. The van der Waals surface area contributed by atoms with E-state index in [0.717, 1.165) is 41.7 Å². The lowest BCUT2D eigenvalue weighted by Gasteiger charge is -2.14. The summed E-state index contributed by atoms with van der Waals surface area (Å²) < 4.78 is 18.6. The number of benzene rings is 2. The molecule has 0 spiro atoms. The molecule has 1 aliphatic rings. The van der Waals surface area contributed by atoms with Crippen LogP contribution in [0.3, 0.4) is 0 Å². The second-order valence-corrected chi connectivity index (χ2v) is 12.3. The van der Waals surface area contributed by atoms with Crippen molar-refractivity contribution in [1.82, 2.24) is 19.4 Å². The summed E-state index contributed by atoms with van der Waals surface area (Å²) in [7, 11) is 0. The van der Waals surface area contributed by atoms with E-state index in [1.165, 1.54) is 45.4 Å². The molecular formula is C29H29FN4O2S3. The van der Waals surface area contributed by atoms with Gasteiger partial charge in [0.2, 0.25) is 5.91 Å². The molecule has 1 amide bonds.